The molecule has 0 atom stereocenters. The quantitative estimate of drug-likeness (QED) is 0.531. The van der Waals surface area contributed by atoms with Gasteiger partial charge >= 0.3 is 0 Å². The third kappa shape index (κ3) is 3.56. The van der Waals surface area contributed by atoms with Crippen LogP contribution in [0.15, 0.2) is 35.9 Å². The summed E-state index contributed by atoms with van der Waals surface area (Å²) >= 11 is 0. The molecule has 2 aliphatic rings. The largest absolute Gasteiger partial charge is 0.206 e. The molecular weight excluding hydrogens is 345 g/mol. The first-order chi connectivity index (χ1) is 13.1. The number of allylic oxidation sites excluding steroid dienone is 1. The summed E-state index contributed by atoms with van der Waals surface area (Å²) in [7, 11) is 0. The molecule has 0 radical (unpaired) electrons. The Morgan fingerprint density at radius 2 is 1.67 bits per heavy atom. The molecule has 0 spiro atoms. The molecule has 0 heterocycles. The second kappa shape index (κ2) is 7.53. The van der Waals surface area contributed by atoms with Crippen LogP contribution in [0.4, 0.5) is 13.2 Å². The van der Waals surface area contributed by atoms with Gasteiger partial charge in [0, 0.05) is 5.56 Å². The standard InChI is InChI=1S/C24H25F3/c1-2-15-3-5-16(6-4-15)17-7-10-20-18(13-17)8-11-21(24(20)27)19-9-12-22(25)23(26)14-19/h8-9,11-16H,2-7,10H2,1H3. The van der Waals surface area contributed by atoms with Crippen LogP contribution in [-0.2, 0) is 6.42 Å². The fourth-order valence-corrected chi connectivity index (χ4v) is 4.72. The first-order valence-electron chi connectivity index (χ1n) is 10.0. The highest BCUT2D eigenvalue weighted by molar-refractivity contribution is 5.70. The predicted molar refractivity (Wildman–Crippen MR) is 104 cm³/mol. The summed E-state index contributed by atoms with van der Waals surface area (Å²) in [6.07, 6.45) is 10.1. The van der Waals surface area contributed by atoms with E-state index in [9.17, 15) is 8.78 Å². The van der Waals surface area contributed by atoms with Gasteiger partial charge in [0.05, 0.1) is 0 Å². The number of rotatable bonds is 3. The highest BCUT2D eigenvalue weighted by Gasteiger charge is 2.26. The van der Waals surface area contributed by atoms with E-state index in [4.69, 9.17) is 0 Å². The van der Waals surface area contributed by atoms with Gasteiger partial charge in [0.15, 0.2) is 11.6 Å². The van der Waals surface area contributed by atoms with Crippen LogP contribution in [0.3, 0.4) is 0 Å². The van der Waals surface area contributed by atoms with E-state index in [1.165, 1.54) is 43.7 Å². The Morgan fingerprint density at radius 3 is 2.37 bits per heavy atom. The summed E-state index contributed by atoms with van der Waals surface area (Å²) in [5.74, 6) is -0.663. The molecule has 27 heavy (non-hydrogen) atoms. The molecule has 142 valence electrons. The summed E-state index contributed by atoms with van der Waals surface area (Å²) in [4.78, 5) is 0. The second-order valence-corrected chi connectivity index (χ2v) is 7.97. The Bertz CT molecular complexity index is 873. The highest BCUT2D eigenvalue weighted by Crippen LogP contribution is 2.40. The maximum atomic E-state index is 15.1. The van der Waals surface area contributed by atoms with E-state index in [1.807, 2.05) is 6.07 Å². The molecule has 1 fully saturated rings. The molecule has 2 aromatic carbocycles. The zero-order valence-corrected chi connectivity index (χ0v) is 15.7. The van der Waals surface area contributed by atoms with Gasteiger partial charge in [0.25, 0.3) is 0 Å². The molecule has 0 aliphatic heterocycles. The normalized spacial score (nSPS) is 22.3. The van der Waals surface area contributed by atoms with Gasteiger partial charge in [-0.05, 0) is 79.2 Å². The smallest absolute Gasteiger partial charge is 0.159 e. The van der Waals surface area contributed by atoms with Gasteiger partial charge < -0.3 is 0 Å². The van der Waals surface area contributed by atoms with Crippen molar-refractivity contribution in [3.05, 3.63) is 64.5 Å². The lowest BCUT2D eigenvalue weighted by molar-refractivity contribution is 0.292. The monoisotopic (exact) mass is 370 g/mol. The molecule has 0 aromatic heterocycles. The van der Waals surface area contributed by atoms with Crippen molar-refractivity contribution < 1.29 is 13.2 Å². The molecule has 2 aromatic rings. The maximum Gasteiger partial charge on any atom is 0.159 e. The molecule has 0 saturated heterocycles. The third-order valence-corrected chi connectivity index (χ3v) is 6.46. The van der Waals surface area contributed by atoms with Crippen molar-refractivity contribution in [1.82, 2.24) is 0 Å². The van der Waals surface area contributed by atoms with Gasteiger partial charge in [0.2, 0.25) is 0 Å². The van der Waals surface area contributed by atoms with Gasteiger partial charge in [-0.1, -0.05) is 43.2 Å². The van der Waals surface area contributed by atoms with Crippen LogP contribution in [0.2, 0.25) is 0 Å². The van der Waals surface area contributed by atoms with Gasteiger partial charge in [0.1, 0.15) is 5.82 Å². The van der Waals surface area contributed by atoms with Gasteiger partial charge in [-0.15, -0.1) is 0 Å². The summed E-state index contributed by atoms with van der Waals surface area (Å²) < 4.78 is 41.8. The van der Waals surface area contributed by atoms with Crippen LogP contribution in [-0.4, -0.2) is 0 Å². The van der Waals surface area contributed by atoms with E-state index < -0.39 is 11.6 Å². The van der Waals surface area contributed by atoms with Gasteiger partial charge in [-0.3, -0.25) is 0 Å². The van der Waals surface area contributed by atoms with E-state index in [1.54, 1.807) is 6.07 Å². The molecule has 0 amide bonds. The van der Waals surface area contributed by atoms with Crippen LogP contribution in [0.1, 0.15) is 56.6 Å². The third-order valence-electron chi connectivity index (χ3n) is 6.46. The Kier molecular flexibility index (Phi) is 5.12. The Hall–Kier alpha value is -2.03. The maximum absolute atomic E-state index is 15.1. The molecule has 2 aliphatic carbocycles. The van der Waals surface area contributed by atoms with E-state index in [0.29, 0.717) is 29.0 Å². The molecule has 4 rings (SSSR count). The lowest BCUT2D eigenvalue weighted by atomic mass is 9.74. The number of fused-ring (bicyclic) bond motifs is 1. The van der Waals surface area contributed by atoms with Crippen LogP contribution < -0.4 is 0 Å². The molecule has 0 N–H and O–H groups in total. The molecule has 3 heteroatoms. The molecule has 0 nitrogen and oxygen atoms in total. The number of halogens is 3. The predicted octanol–water partition coefficient (Wildman–Crippen LogP) is 7.32. The van der Waals surface area contributed by atoms with Crippen molar-refractivity contribution >= 4 is 6.08 Å². The van der Waals surface area contributed by atoms with Crippen LogP contribution in [0.5, 0.6) is 0 Å². The minimum atomic E-state index is -0.950. The average molecular weight is 370 g/mol. The number of hydrogen-bond donors (Lipinski definition) is 0. The van der Waals surface area contributed by atoms with Crippen molar-refractivity contribution in [2.24, 2.45) is 11.8 Å². The Labute approximate surface area is 159 Å². The van der Waals surface area contributed by atoms with Crippen molar-refractivity contribution in [2.75, 3.05) is 0 Å². The van der Waals surface area contributed by atoms with Crippen molar-refractivity contribution in [3.63, 3.8) is 0 Å². The lowest BCUT2D eigenvalue weighted by Crippen LogP contribution is -2.17. The summed E-state index contributed by atoms with van der Waals surface area (Å²) in [5, 5.41) is 0. The Morgan fingerprint density at radius 1 is 0.889 bits per heavy atom. The van der Waals surface area contributed by atoms with Crippen molar-refractivity contribution in [2.45, 2.75) is 51.9 Å². The summed E-state index contributed by atoms with van der Waals surface area (Å²) in [5.41, 5.74) is 3.81. The summed E-state index contributed by atoms with van der Waals surface area (Å²) in [6.45, 7) is 2.27. The Balaban J connectivity index is 1.61. The lowest BCUT2D eigenvalue weighted by Gasteiger charge is -2.31. The zero-order valence-electron chi connectivity index (χ0n) is 15.7. The summed E-state index contributed by atoms with van der Waals surface area (Å²) in [6, 6.07) is 7.16. The SMILES string of the molecule is CCC1CCC(C2=Cc3ccc(-c4ccc(F)c(F)c4)c(F)c3CC2)CC1. The minimum Gasteiger partial charge on any atom is -0.206 e. The number of benzene rings is 2. The minimum absolute atomic E-state index is 0.302. The van der Waals surface area contributed by atoms with Crippen LogP contribution in [0.25, 0.3) is 17.2 Å². The fraction of sp³-hybridized carbons (Fsp3) is 0.417. The molecular formula is C24H25F3. The fourth-order valence-electron chi connectivity index (χ4n) is 4.72. The first-order valence-corrected chi connectivity index (χ1v) is 10.0. The van der Waals surface area contributed by atoms with E-state index in [2.05, 4.69) is 13.0 Å². The second-order valence-electron chi connectivity index (χ2n) is 7.97. The van der Waals surface area contributed by atoms with Crippen molar-refractivity contribution in [3.8, 4) is 11.1 Å². The average Bonchev–Trinajstić information content (AvgIpc) is 2.70. The van der Waals surface area contributed by atoms with Crippen molar-refractivity contribution in [1.29, 1.82) is 0 Å². The first kappa shape index (κ1) is 18.3. The molecule has 0 unspecified atom stereocenters. The highest BCUT2D eigenvalue weighted by atomic mass is 19.2. The molecule has 0 bridgehead atoms. The number of hydrogen-bond acceptors (Lipinski definition) is 0. The van der Waals surface area contributed by atoms with E-state index in [-0.39, 0.29) is 5.82 Å². The van der Waals surface area contributed by atoms with Gasteiger partial charge in [-0.2, -0.15) is 0 Å². The van der Waals surface area contributed by atoms with Gasteiger partial charge in [-0.25, -0.2) is 13.2 Å². The van der Waals surface area contributed by atoms with Crippen LogP contribution in [0, 0.1) is 29.3 Å². The van der Waals surface area contributed by atoms with E-state index >= 15 is 4.39 Å². The zero-order chi connectivity index (χ0) is 19.0. The molecule has 1 saturated carbocycles. The van der Waals surface area contributed by atoms with E-state index in [0.717, 1.165) is 30.0 Å². The van der Waals surface area contributed by atoms with Crippen LogP contribution >= 0.6 is 0 Å². The topological polar surface area (TPSA) is 0 Å².